The number of amides is 5. The number of methoxy groups -OCH3 is 2. The van der Waals surface area contributed by atoms with Crippen LogP contribution in [0.3, 0.4) is 0 Å². The number of pyridine rings is 2. The van der Waals surface area contributed by atoms with Crippen molar-refractivity contribution in [2.75, 3.05) is 53.1 Å². The van der Waals surface area contributed by atoms with Crippen LogP contribution >= 0.6 is 0 Å². The number of anilines is 1. The Bertz CT molecular complexity index is 3390. The van der Waals surface area contributed by atoms with Crippen LogP contribution in [0.25, 0.3) is 43.7 Å². The Kier molecular flexibility index (Phi) is 15.5. The molecule has 0 unspecified atom stereocenters. The van der Waals surface area contributed by atoms with Crippen molar-refractivity contribution in [2.45, 2.75) is 58.2 Å². The average molecular weight is 1030 g/mol. The molecule has 0 saturated carbocycles. The van der Waals surface area contributed by atoms with Crippen molar-refractivity contribution in [3.05, 3.63) is 130 Å². The van der Waals surface area contributed by atoms with Gasteiger partial charge in [-0.15, -0.1) is 0 Å². The van der Waals surface area contributed by atoms with Crippen LogP contribution in [0.1, 0.15) is 55.7 Å². The third-order valence-electron chi connectivity index (χ3n) is 13.9. The van der Waals surface area contributed by atoms with Crippen LogP contribution in [-0.4, -0.2) is 98.2 Å². The molecule has 76 heavy (non-hydrogen) atoms. The Labute approximate surface area is 437 Å². The number of nitrogens with zero attached hydrogens (tertiary/aromatic N) is 3. The lowest BCUT2D eigenvalue weighted by molar-refractivity contribution is -0.128. The molecule has 0 radical (unpaired) electrons. The minimum absolute atomic E-state index is 0.0581. The number of likely N-dealkylation sites (N-methyl/N-ethyl adjacent to an activating group) is 1. The number of primary amides is 1. The Morgan fingerprint density at radius 3 is 2.14 bits per heavy atom. The van der Waals surface area contributed by atoms with Crippen LogP contribution in [0.15, 0.2) is 108 Å². The summed E-state index contributed by atoms with van der Waals surface area (Å²) in [6.45, 7) is 4.01. The number of fused-ring (bicyclic) bond motifs is 9. The van der Waals surface area contributed by atoms with E-state index in [0.717, 1.165) is 22.3 Å². The van der Waals surface area contributed by atoms with Crippen LogP contribution < -0.4 is 46.2 Å². The standard InChI is InChI=1S/C57H59N7O12/c1-32(2)51(62-56(69)73-30-44-38-14-8-6-12-36(38)37-13-7-9-15-39(37)44)46(65)23-34(11-10-20-59-55(58)68)53(66)61-35-18-16-33(17-19-35)29-74-57(70)63(3)21-22-64-52-42-26-49-50(76-31-75-49)27-45(42)60-28-43(52)40-24-47(71-4)48(72-5)25-41(40)54(64)67/h6-9,12-19,24-28,32,34,44,51H,10-11,20-23,29-31H2,1-5H3,(H,61,66)(H,62,69)(H3,58,59,68)/t34-,51+/m1/s1. The quantitative estimate of drug-likeness (QED) is 0.0416. The molecule has 0 spiro atoms. The van der Waals surface area contributed by atoms with E-state index in [4.69, 9.17) is 39.1 Å². The largest absolute Gasteiger partial charge is 0.493 e. The van der Waals surface area contributed by atoms with Crippen molar-refractivity contribution in [1.29, 1.82) is 0 Å². The number of ether oxygens (including phenoxy) is 6. The minimum Gasteiger partial charge on any atom is -0.493 e. The fourth-order valence-corrected chi connectivity index (χ4v) is 9.96. The van der Waals surface area contributed by atoms with E-state index < -0.39 is 36.1 Å². The normalized spacial score (nSPS) is 13.2. The summed E-state index contributed by atoms with van der Waals surface area (Å²) in [6.07, 6.45) is 0.694. The monoisotopic (exact) mass is 1030 g/mol. The highest BCUT2D eigenvalue weighted by Gasteiger charge is 2.33. The maximum atomic E-state index is 14.4. The molecule has 5 aromatic carbocycles. The molecule has 0 fully saturated rings. The maximum Gasteiger partial charge on any atom is 0.409 e. The third kappa shape index (κ3) is 11.0. The van der Waals surface area contributed by atoms with Gasteiger partial charge in [-0.1, -0.05) is 74.5 Å². The summed E-state index contributed by atoms with van der Waals surface area (Å²) in [7, 11) is 4.59. The summed E-state index contributed by atoms with van der Waals surface area (Å²) < 4.78 is 35.5. The van der Waals surface area contributed by atoms with Crippen LogP contribution in [-0.2, 0) is 32.2 Å². The summed E-state index contributed by atoms with van der Waals surface area (Å²) in [6, 6.07) is 28.0. The number of carbonyl (C=O) groups excluding carboxylic acids is 5. The molecule has 0 saturated heterocycles. The second-order valence-electron chi connectivity index (χ2n) is 19.1. The van der Waals surface area contributed by atoms with Gasteiger partial charge >= 0.3 is 18.2 Å². The van der Waals surface area contributed by atoms with Crippen LogP contribution in [0.2, 0.25) is 0 Å². The van der Waals surface area contributed by atoms with Crippen molar-refractivity contribution >= 4 is 68.2 Å². The van der Waals surface area contributed by atoms with E-state index in [9.17, 15) is 28.8 Å². The molecule has 1 aliphatic heterocycles. The molecule has 394 valence electrons. The summed E-state index contributed by atoms with van der Waals surface area (Å²) in [5, 5.41) is 10.5. The van der Waals surface area contributed by atoms with Gasteiger partial charge in [0, 0.05) is 79.0 Å². The van der Waals surface area contributed by atoms with Gasteiger partial charge in [0.15, 0.2) is 28.8 Å². The molecule has 5 N–H and O–H groups in total. The highest BCUT2D eigenvalue weighted by atomic mass is 16.7. The number of urea groups is 1. The number of carbonyl (C=O) groups is 5. The second kappa shape index (κ2) is 22.7. The molecule has 2 atom stereocenters. The van der Waals surface area contributed by atoms with Crippen molar-refractivity contribution in [3.63, 3.8) is 0 Å². The number of Topliss-reactive ketones (excluding diaryl/α,β-unsaturated/α-hetero) is 1. The number of rotatable bonds is 20. The lowest BCUT2D eigenvalue weighted by Crippen LogP contribution is -2.46. The highest BCUT2D eigenvalue weighted by Crippen LogP contribution is 2.45. The topological polar surface area (TPSA) is 241 Å². The number of ketones is 1. The van der Waals surface area contributed by atoms with Gasteiger partial charge in [0.25, 0.3) is 5.56 Å². The van der Waals surface area contributed by atoms with Crippen molar-refractivity contribution in [1.82, 2.24) is 25.1 Å². The van der Waals surface area contributed by atoms with Crippen molar-refractivity contribution < 1.29 is 52.4 Å². The molecule has 7 aromatic rings. The summed E-state index contributed by atoms with van der Waals surface area (Å²) in [4.78, 5) is 86.5. The van der Waals surface area contributed by atoms with Gasteiger partial charge in [-0.3, -0.25) is 19.4 Å². The molecule has 19 nitrogen and oxygen atoms in total. The fourth-order valence-electron chi connectivity index (χ4n) is 9.96. The van der Waals surface area contributed by atoms with Crippen molar-refractivity contribution in [2.24, 2.45) is 17.6 Å². The van der Waals surface area contributed by atoms with E-state index in [1.54, 1.807) is 80.2 Å². The Hall–Kier alpha value is -8.87. The number of nitrogens with one attached hydrogen (secondary N) is 3. The number of hydrogen-bond donors (Lipinski definition) is 4. The second-order valence-corrected chi connectivity index (χ2v) is 19.1. The Morgan fingerprint density at radius 2 is 1.49 bits per heavy atom. The molecule has 2 aliphatic rings. The van der Waals surface area contributed by atoms with E-state index in [-0.39, 0.29) is 75.7 Å². The van der Waals surface area contributed by atoms with Gasteiger partial charge < -0.3 is 59.6 Å². The molecule has 9 rings (SSSR count). The van der Waals surface area contributed by atoms with E-state index in [2.05, 4.69) is 16.0 Å². The molecule has 0 bridgehead atoms. The lowest BCUT2D eigenvalue weighted by Gasteiger charge is -2.24. The molecule has 2 aromatic heterocycles. The van der Waals surface area contributed by atoms with Crippen LogP contribution in [0, 0.1) is 11.8 Å². The number of hydrogen-bond acceptors (Lipinski definition) is 13. The first kappa shape index (κ1) is 52.0. The van der Waals surface area contributed by atoms with E-state index in [0.29, 0.717) is 73.2 Å². The van der Waals surface area contributed by atoms with Gasteiger partial charge in [-0.05, 0) is 76.9 Å². The van der Waals surface area contributed by atoms with Gasteiger partial charge in [0.2, 0.25) is 12.7 Å². The first-order valence-corrected chi connectivity index (χ1v) is 25.0. The lowest BCUT2D eigenvalue weighted by atomic mass is 9.89. The average Bonchev–Trinajstić information content (AvgIpc) is 4.06. The molecular formula is C57H59N7O12. The van der Waals surface area contributed by atoms with Gasteiger partial charge in [-0.25, -0.2) is 14.4 Å². The van der Waals surface area contributed by atoms with E-state index in [1.807, 2.05) is 48.5 Å². The van der Waals surface area contributed by atoms with Crippen LogP contribution in [0.5, 0.6) is 23.0 Å². The number of nitrogens with two attached hydrogens (primary N) is 1. The van der Waals surface area contributed by atoms with E-state index >= 15 is 0 Å². The Balaban J connectivity index is 0.825. The predicted molar refractivity (Wildman–Crippen MR) is 285 cm³/mol. The first-order valence-electron chi connectivity index (χ1n) is 25.0. The number of benzene rings is 5. The van der Waals surface area contributed by atoms with Gasteiger partial charge in [0.1, 0.15) is 13.2 Å². The van der Waals surface area contributed by atoms with Crippen molar-refractivity contribution in [3.8, 4) is 34.1 Å². The zero-order chi connectivity index (χ0) is 53.6. The summed E-state index contributed by atoms with van der Waals surface area (Å²) >= 11 is 0. The number of aromatic nitrogens is 2. The summed E-state index contributed by atoms with van der Waals surface area (Å²) in [5.41, 5.74) is 11.5. The van der Waals surface area contributed by atoms with Crippen LogP contribution in [0.4, 0.5) is 20.1 Å². The highest BCUT2D eigenvalue weighted by molar-refractivity contribution is 6.15. The van der Waals surface area contributed by atoms with Gasteiger partial charge in [0.05, 0.1) is 36.7 Å². The molecule has 3 heterocycles. The van der Waals surface area contributed by atoms with Gasteiger partial charge in [-0.2, -0.15) is 0 Å². The zero-order valence-electron chi connectivity index (χ0n) is 42.8. The predicted octanol–water partition coefficient (Wildman–Crippen LogP) is 8.24. The Morgan fingerprint density at radius 1 is 0.829 bits per heavy atom. The maximum absolute atomic E-state index is 14.4. The molecule has 19 heteroatoms. The summed E-state index contributed by atoms with van der Waals surface area (Å²) in [5.74, 6) is -0.231. The molecule has 5 amide bonds. The molecular weight excluding hydrogens is 975 g/mol. The fraction of sp³-hybridized carbons (Fsp3) is 0.316. The third-order valence-corrected chi connectivity index (χ3v) is 13.9. The SMILES string of the molecule is COc1cc2c(=O)n(CCN(C)C(=O)OCc3ccc(NC(=O)[C@H](CCCNC(N)=O)CC(=O)[C@@H](NC(=O)OCC4c5ccccc5-c5ccccc54)C(C)C)cc3)c3c4cc5c(cc4ncc3c2cc1OC)OCO5. The zero-order valence-corrected chi connectivity index (χ0v) is 42.8. The smallest absolute Gasteiger partial charge is 0.409 e. The first-order chi connectivity index (χ1) is 36.7. The molecule has 1 aliphatic carbocycles. The van der Waals surface area contributed by atoms with E-state index in [1.165, 1.54) is 19.1 Å². The minimum atomic E-state index is -0.947. The number of alkyl carbamates (subject to hydrolysis) is 1.